The molecule has 2 N–H and O–H groups in total. The van der Waals surface area contributed by atoms with Gasteiger partial charge in [-0.25, -0.2) is 13.4 Å². The third-order valence-electron chi connectivity index (χ3n) is 3.20. The van der Waals surface area contributed by atoms with Gasteiger partial charge in [-0.3, -0.25) is 0 Å². The zero-order valence-corrected chi connectivity index (χ0v) is 11.6. The maximum absolute atomic E-state index is 11.6. The van der Waals surface area contributed by atoms with E-state index in [0.29, 0.717) is 13.1 Å². The summed E-state index contributed by atoms with van der Waals surface area (Å²) in [7, 11) is -2.89. The monoisotopic (exact) mass is 269 g/mol. The molecule has 1 aliphatic rings. The Morgan fingerprint density at radius 3 is 2.83 bits per heavy atom. The Labute approximate surface area is 108 Å². The van der Waals surface area contributed by atoms with Crippen molar-refractivity contribution in [1.82, 2.24) is 4.98 Å². The van der Waals surface area contributed by atoms with E-state index in [1.807, 2.05) is 30.9 Å². The Balaban J connectivity index is 2.29. The largest absolute Gasteiger partial charge is 0.352 e. The van der Waals surface area contributed by atoms with Gasteiger partial charge < -0.3 is 10.6 Å². The van der Waals surface area contributed by atoms with Crippen molar-refractivity contribution in [2.45, 2.75) is 26.4 Å². The zero-order chi connectivity index (χ0) is 13.3. The summed E-state index contributed by atoms with van der Waals surface area (Å²) in [6.45, 7) is 4.82. The lowest BCUT2D eigenvalue weighted by molar-refractivity contribution is 0.566. The quantitative estimate of drug-likeness (QED) is 0.844. The van der Waals surface area contributed by atoms with Gasteiger partial charge in [-0.05, 0) is 31.5 Å². The lowest BCUT2D eigenvalue weighted by Crippen LogP contribution is -2.47. The molecule has 1 aliphatic heterocycles. The van der Waals surface area contributed by atoms with Gasteiger partial charge in [0, 0.05) is 24.8 Å². The molecule has 18 heavy (non-hydrogen) atoms. The van der Waals surface area contributed by atoms with Crippen LogP contribution in [0.5, 0.6) is 0 Å². The third kappa shape index (κ3) is 2.81. The van der Waals surface area contributed by atoms with Crippen LogP contribution in [0.4, 0.5) is 5.82 Å². The van der Waals surface area contributed by atoms with Gasteiger partial charge in [0.1, 0.15) is 5.82 Å². The Morgan fingerprint density at radius 1 is 1.50 bits per heavy atom. The van der Waals surface area contributed by atoms with Crippen molar-refractivity contribution in [1.29, 1.82) is 0 Å². The molecule has 1 saturated heterocycles. The number of pyridine rings is 1. The summed E-state index contributed by atoms with van der Waals surface area (Å²) in [5.41, 5.74) is 7.59. The highest BCUT2D eigenvalue weighted by Gasteiger charge is 2.29. The fourth-order valence-electron chi connectivity index (χ4n) is 2.32. The standard InChI is InChI=1S/C12H19N3O2S/c1-9-5-11(7-13)6-12(14-9)15-3-4-18(16,17)8-10(15)2/h5-6,10H,3-4,7-8,13H2,1-2H3. The van der Waals surface area contributed by atoms with Crippen molar-refractivity contribution in [2.75, 3.05) is 23.0 Å². The predicted octanol–water partition coefficient (Wildman–Crippen LogP) is 0.472. The zero-order valence-electron chi connectivity index (χ0n) is 10.8. The van der Waals surface area contributed by atoms with Crippen LogP contribution in [0.3, 0.4) is 0 Å². The molecule has 5 nitrogen and oxygen atoms in total. The van der Waals surface area contributed by atoms with Gasteiger partial charge in [0.15, 0.2) is 9.84 Å². The van der Waals surface area contributed by atoms with Crippen molar-refractivity contribution >= 4 is 15.7 Å². The molecule has 6 heteroatoms. The molecule has 0 aliphatic carbocycles. The maximum atomic E-state index is 11.6. The van der Waals surface area contributed by atoms with Crippen LogP contribution < -0.4 is 10.6 Å². The lowest BCUT2D eigenvalue weighted by Gasteiger charge is -2.34. The van der Waals surface area contributed by atoms with E-state index in [2.05, 4.69) is 4.98 Å². The van der Waals surface area contributed by atoms with Crippen molar-refractivity contribution in [3.05, 3.63) is 23.4 Å². The Morgan fingerprint density at radius 2 is 2.22 bits per heavy atom. The maximum Gasteiger partial charge on any atom is 0.154 e. The van der Waals surface area contributed by atoms with E-state index in [9.17, 15) is 8.42 Å². The minimum atomic E-state index is -2.89. The highest BCUT2D eigenvalue weighted by molar-refractivity contribution is 7.91. The smallest absolute Gasteiger partial charge is 0.154 e. The van der Waals surface area contributed by atoms with Crippen molar-refractivity contribution < 1.29 is 8.42 Å². The van der Waals surface area contributed by atoms with Crippen LogP contribution in [0.1, 0.15) is 18.2 Å². The number of hydrogen-bond acceptors (Lipinski definition) is 5. The minimum Gasteiger partial charge on any atom is -0.352 e. The van der Waals surface area contributed by atoms with E-state index < -0.39 is 9.84 Å². The molecule has 0 amide bonds. The molecule has 0 bridgehead atoms. The minimum absolute atomic E-state index is 0.0383. The van der Waals surface area contributed by atoms with Crippen LogP contribution in [0.2, 0.25) is 0 Å². The summed E-state index contributed by atoms with van der Waals surface area (Å²) in [5.74, 6) is 1.23. The molecule has 2 rings (SSSR count). The van der Waals surface area contributed by atoms with Crippen LogP contribution in [0.15, 0.2) is 12.1 Å². The molecular weight excluding hydrogens is 250 g/mol. The molecule has 100 valence electrons. The van der Waals surface area contributed by atoms with Crippen LogP contribution >= 0.6 is 0 Å². The topological polar surface area (TPSA) is 76.3 Å². The highest BCUT2D eigenvalue weighted by Crippen LogP contribution is 2.21. The Hall–Kier alpha value is -1.14. The van der Waals surface area contributed by atoms with Gasteiger partial charge in [-0.15, -0.1) is 0 Å². The van der Waals surface area contributed by atoms with Gasteiger partial charge in [-0.1, -0.05) is 0 Å². The number of nitrogens with zero attached hydrogens (tertiary/aromatic N) is 2. The molecule has 1 aromatic heterocycles. The van der Waals surface area contributed by atoms with E-state index in [-0.39, 0.29) is 17.5 Å². The van der Waals surface area contributed by atoms with Gasteiger partial charge in [-0.2, -0.15) is 0 Å². The number of nitrogens with two attached hydrogens (primary N) is 1. The normalized spacial score (nSPS) is 23.1. The molecule has 1 atom stereocenters. The van der Waals surface area contributed by atoms with Gasteiger partial charge in [0.2, 0.25) is 0 Å². The fraction of sp³-hybridized carbons (Fsp3) is 0.583. The number of sulfone groups is 1. The van der Waals surface area contributed by atoms with Gasteiger partial charge >= 0.3 is 0 Å². The van der Waals surface area contributed by atoms with Gasteiger partial charge in [0.25, 0.3) is 0 Å². The summed E-state index contributed by atoms with van der Waals surface area (Å²) in [5, 5.41) is 0. The van der Waals surface area contributed by atoms with E-state index in [1.165, 1.54) is 0 Å². The summed E-state index contributed by atoms with van der Waals surface area (Å²) in [6.07, 6.45) is 0. The first-order valence-electron chi connectivity index (χ1n) is 6.06. The Kier molecular flexibility index (Phi) is 3.59. The summed E-state index contributed by atoms with van der Waals surface area (Å²) >= 11 is 0. The first-order valence-corrected chi connectivity index (χ1v) is 7.88. The molecule has 1 aromatic rings. The highest BCUT2D eigenvalue weighted by atomic mass is 32.2. The molecule has 0 radical (unpaired) electrons. The van der Waals surface area contributed by atoms with E-state index in [4.69, 9.17) is 5.73 Å². The molecule has 0 spiro atoms. The molecule has 1 fully saturated rings. The average molecular weight is 269 g/mol. The number of aromatic nitrogens is 1. The third-order valence-corrected chi connectivity index (χ3v) is 4.99. The van der Waals surface area contributed by atoms with Crippen LogP contribution in [0, 0.1) is 6.92 Å². The van der Waals surface area contributed by atoms with Gasteiger partial charge in [0.05, 0.1) is 11.5 Å². The molecule has 0 saturated carbocycles. The Bertz CT molecular complexity index is 542. The number of hydrogen-bond donors (Lipinski definition) is 1. The van der Waals surface area contributed by atoms with Crippen LogP contribution in [0.25, 0.3) is 0 Å². The SMILES string of the molecule is Cc1cc(CN)cc(N2CCS(=O)(=O)CC2C)n1. The first kappa shape index (κ1) is 13.3. The van der Waals surface area contributed by atoms with E-state index in [1.54, 1.807) is 0 Å². The average Bonchev–Trinajstić information content (AvgIpc) is 2.26. The molecule has 2 heterocycles. The summed E-state index contributed by atoms with van der Waals surface area (Å²) < 4.78 is 23.1. The first-order chi connectivity index (χ1) is 8.41. The summed E-state index contributed by atoms with van der Waals surface area (Å²) in [6, 6.07) is 3.86. The summed E-state index contributed by atoms with van der Waals surface area (Å²) in [4.78, 5) is 6.53. The molecule has 1 unspecified atom stereocenters. The second-order valence-corrected chi connectivity index (χ2v) is 7.06. The fourth-order valence-corrected chi connectivity index (χ4v) is 3.88. The van der Waals surface area contributed by atoms with Crippen LogP contribution in [-0.4, -0.2) is 37.5 Å². The van der Waals surface area contributed by atoms with Crippen molar-refractivity contribution in [3.63, 3.8) is 0 Å². The predicted molar refractivity (Wildman–Crippen MR) is 72.3 cm³/mol. The van der Waals surface area contributed by atoms with Crippen molar-refractivity contribution in [3.8, 4) is 0 Å². The van der Waals surface area contributed by atoms with E-state index in [0.717, 1.165) is 17.1 Å². The molecular formula is C12H19N3O2S. The number of anilines is 1. The molecule has 0 aromatic carbocycles. The number of aryl methyl sites for hydroxylation is 1. The number of rotatable bonds is 2. The van der Waals surface area contributed by atoms with Crippen molar-refractivity contribution in [2.24, 2.45) is 5.73 Å². The van der Waals surface area contributed by atoms with E-state index >= 15 is 0 Å². The second-order valence-electron chi connectivity index (χ2n) is 4.84. The van der Waals surface area contributed by atoms with Crippen LogP contribution in [-0.2, 0) is 16.4 Å². The lowest BCUT2D eigenvalue weighted by atomic mass is 10.2. The second kappa shape index (κ2) is 4.85.